The van der Waals surface area contributed by atoms with E-state index < -0.39 is 0 Å². The summed E-state index contributed by atoms with van der Waals surface area (Å²) in [4.78, 5) is 31.8. The summed E-state index contributed by atoms with van der Waals surface area (Å²) in [5.74, 6) is 0.544. The number of hydrogen-bond acceptors (Lipinski definition) is 4. The second kappa shape index (κ2) is 9.30. The summed E-state index contributed by atoms with van der Waals surface area (Å²) in [6, 6.07) is 17.9. The summed E-state index contributed by atoms with van der Waals surface area (Å²) in [6.45, 7) is 4.67. The minimum atomic E-state index is -0.274. The first-order valence-electron chi connectivity index (χ1n) is 10.6. The molecular formula is C24H29N3O3. The Hall–Kier alpha value is -2.86. The number of benzene rings is 2. The molecule has 0 aliphatic carbocycles. The third-order valence-corrected chi connectivity index (χ3v) is 5.99. The molecule has 2 heterocycles. The average Bonchev–Trinajstić information content (AvgIpc) is 3.02. The lowest BCUT2D eigenvalue weighted by Gasteiger charge is -2.24. The number of amides is 2. The van der Waals surface area contributed by atoms with Crippen molar-refractivity contribution in [2.45, 2.75) is 19.4 Å². The minimum absolute atomic E-state index is 0.00197. The van der Waals surface area contributed by atoms with Gasteiger partial charge in [-0.1, -0.05) is 36.4 Å². The van der Waals surface area contributed by atoms with Crippen LogP contribution in [0.5, 0.6) is 5.75 Å². The Morgan fingerprint density at radius 2 is 1.87 bits per heavy atom. The van der Waals surface area contributed by atoms with Crippen LogP contribution < -0.4 is 9.64 Å². The van der Waals surface area contributed by atoms with Gasteiger partial charge in [0.25, 0.3) is 0 Å². The van der Waals surface area contributed by atoms with Crippen molar-refractivity contribution in [2.24, 2.45) is 5.92 Å². The second-order valence-electron chi connectivity index (χ2n) is 8.05. The van der Waals surface area contributed by atoms with Crippen molar-refractivity contribution >= 4 is 17.5 Å². The van der Waals surface area contributed by atoms with Crippen molar-refractivity contribution in [3.05, 3.63) is 60.2 Å². The molecule has 158 valence electrons. The molecule has 30 heavy (non-hydrogen) atoms. The molecule has 6 heteroatoms. The molecule has 2 aromatic carbocycles. The number of methoxy groups -OCH3 is 1. The van der Waals surface area contributed by atoms with Gasteiger partial charge < -0.3 is 14.5 Å². The van der Waals surface area contributed by atoms with Crippen molar-refractivity contribution in [1.29, 1.82) is 0 Å². The number of ether oxygens (including phenoxy) is 1. The van der Waals surface area contributed by atoms with E-state index in [-0.39, 0.29) is 24.2 Å². The predicted octanol–water partition coefficient (Wildman–Crippen LogP) is 2.78. The van der Waals surface area contributed by atoms with Crippen molar-refractivity contribution in [2.75, 3.05) is 44.7 Å². The van der Waals surface area contributed by atoms with Crippen LogP contribution in [0.15, 0.2) is 54.6 Å². The molecule has 1 atom stereocenters. The lowest BCUT2D eigenvalue weighted by molar-refractivity contribution is -0.135. The van der Waals surface area contributed by atoms with Gasteiger partial charge >= 0.3 is 0 Å². The highest BCUT2D eigenvalue weighted by Gasteiger charge is 2.37. The van der Waals surface area contributed by atoms with E-state index in [2.05, 4.69) is 29.2 Å². The first-order chi connectivity index (χ1) is 14.6. The molecule has 4 rings (SSSR count). The summed E-state index contributed by atoms with van der Waals surface area (Å²) in [7, 11) is 1.61. The van der Waals surface area contributed by atoms with Gasteiger partial charge in [0.1, 0.15) is 5.75 Å². The van der Waals surface area contributed by atoms with Crippen molar-refractivity contribution < 1.29 is 14.3 Å². The van der Waals surface area contributed by atoms with E-state index in [1.165, 1.54) is 5.56 Å². The van der Waals surface area contributed by atoms with Gasteiger partial charge in [0.2, 0.25) is 11.8 Å². The Labute approximate surface area is 178 Å². The van der Waals surface area contributed by atoms with Crippen molar-refractivity contribution in [3.63, 3.8) is 0 Å². The highest BCUT2D eigenvalue weighted by Crippen LogP contribution is 2.29. The van der Waals surface area contributed by atoms with E-state index >= 15 is 0 Å². The molecule has 0 unspecified atom stereocenters. The van der Waals surface area contributed by atoms with Crippen LogP contribution >= 0.6 is 0 Å². The predicted molar refractivity (Wildman–Crippen MR) is 116 cm³/mol. The zero-order valence-electron chi connectivity index (χ0n) is 17.5. The quantitative estimate of drug-likeness (QED) is 0.765. The fourth-order valence-corrected chi connectivity index (χ4v) is 4.35. The largest absolute Gasteiger partial charge is 0.497 e. The third-order valence-electron chi connectivity index (χ3n) is 5.99. The van der Waals surface area contributed by atoms with Crippen LogP contribution in [-0.2, 0) is 16.1 Å². The maximum atomic E-state index is 13.2. The molecule has 0 saturated carbocycles. The lowest BCUT2D eigenvalue weighted by Crippen LogP contribution is -2.39. The van der Waals surface area contributed by atoms with Gasteiger partial charge in [-0.3, -0.25) is 14.5 Å². The zero-order chi connectivity index (χ0) is 20.9. The molecule has 2 aliphatic heterocycles. The SMILES string of the molecule is COc1cccc(N2C[C@@H](C(=O)N3CCCN(Cc4ccccc4)CC3)CC2=O)c1. The van der Waals surface area contributed by atoms with E-state index in [9.17, 15) is 9.59 Å². The van der Waals surface area contributed by atoms with Gasteiger partial charge in [-0.25, -0.2) is 0 Å². The van der Waals surface area contributed by atoms with E-state index in [1.54, 1.807) is 12.0 Å². The molecule has 2 aromatic rings. The highest BCUT2D eigenvalue weighted by molar-refractivity contribution is 6.00. The summed E-state index contributed by atoms with van der Waals surface area (Å²) in [5, 5.41) is 0. The summed E-state index contributed by atoms with van der Waals surface area (Å²) in [6.07, 6.45) is 1.24. The Morgan fingerprint density at radius 3 is 2.67 bits per heavy atom. The molecule has 0 aromatic heterocycles. The third kappa shape index (κ3) is 4.65. The van der Waals surface area contributed by atoms with Gasteiger partial charge in [-0.2, -0.15) is 0 Å². The molecule has 0 N–H and O–H groups in total. The van der Waals surface area contributed by atoms with Crippen LogP contribution in [0.1, 0.15) is 18.4 Å². The monoisotopic (exact) mass is 407 g/mol. The molecule has 0 spiro atoms. The van der Waals surface area contributed by atoms with Gasteiger partial charge in [-0.15, -0.1) is 0 Å². The standard InChI is InChI=1S/C24H29N3O3/c1-30-22-10-5-9-21(16-22)27-18-20(15-23(27)28)24(29)26-12-6-11-25(13-14-26)17-19-7-3-2-4-8-19/h2-5,7-10,16,20H,6,11-15,17-18H2,1H3/t20-/m0/s1. The first kappa shape index (κ1) is 20.4. The normalized spacial score (nSPS) is 20.3. The summed E-state index contributed by atoms with van der Waals surface area (Å²) < 4.78 is 5.27. The fourth-order valence-electron chi connectivity index (χ4n) is 4.35. The molecule has 2 aliphatic rings. The highest BCUT2D eigenvalue weighted by atomic mass is 16.5. The topological polar surface area (TPSA) is 53.1 Å². The summed E-state index contributed by atoms with van der Waals surface area (Å²) >= 11 is 0. The van der Waals surface area contributed by atoms with E-state index in [4.69, 9.17) is 4.74 Å². The average molecular weight is 408 g/mol. The van der Waals surface area contributed by atoms with Crippen LogP contribution in [-0.4, -0.2) is 61.4 Å². The Morgan fingerprint density at radius 1 is 1.03 bits per heavy atom. The second-order valence-corrected chi connectivity index (χ2v) is 8.05. The van der Waals surface area contributed by atoms with Gasteiger partial charge in [0, 0.05) is 57.4 Å². The molecule has 2 amide bonds. The van der Waals surface area contributed by atoms with Crippen molar-refractivity contribution in [1.82, 2.24) is 9.80 Å². The number of rotatable bonds is 5. The number of hydrogen-bond donors (Lipinski definition) is 0. The maximum Gasteiger partial charge on any atom is 0.228 e. The van der Waals surface area contributed by atoms with Crippen molar-refractivity contribution in [3.8, 4) is 5.75 Å². The molecule has 2 saturated heterocycles. The van der Waals surface area contributed by atoms with E-state index in [0.717, 1.165) is 44.8 Å². The van der Waals surface area contributed by atoms with Crippen LogP contribution in [0.2, 0.25) is 0 Å². The van der Waals surface area contributed by atoms with Gasteiger partial charge in [0.05, 0.1) is 13.0 Å². The first-order valence-corrected chi connectivity index (χ1v) is 10.6. The Balaban J connectivity index is 1.35. The molecule has 0 radical (unpaired) electrons. The Bertz CT molecular complexity index is 886. The van der Waals surface area contributed by atoms with E-state index in [1.807, 2.05) is 35.2 Å². The van der Waals surface area contributed by atoms with Crippen LogP contribution in [0, 0.1) is 5.92 Å². The minimum Gasteiger partial charge on any atom is -0.497 e. The number of carbonyl (C=O) groups excluding carboxylic acids is 2. The molecular weight excluding hydrogens is 378 g/mol. The fraction of sp³-hybridized carbons (Fsp3) is 0.417. The number of anilines is 1. The van der Waals surface area contributed by atoms with E-state index in [0.29, 0.717) is 12.3 Å². The molecule has 0 bridgehead atoms. The number of carbonyl (C=O) groups is 2. The Kier molecular flexibility index (Phi) is 6.33. The van der Waals surface area contributed by atoms with Gasteiger partial charge in [0.15, 0.2) is 0 Å². The van der Waals surface area contributed by atoms with Crippen LogP contribution in [0.25, 0.3) is 0 Å². The van der Waals surface area contributed by atoms with Crippen LogP contribution in [0.3, 0.4) is 0 Å². The maximum absolute atomic E-state index is 13.2. The van der Waals surface area contributed by atoms with Gasteiger partial charge in [-0.05, 0) is 24.1 Å². The smallest absolute Gasteiger partial charge is 0.228 e. The van der Waals surface area contributed by atoms with Crippen LogP contribution in [0.4, 0.5) is 5.69 Å². The molecule has 6 nitrogen and oxygen atoms in total. The number of nitrogens with zero attached hydrogens (tertiary/aromatic N) is 3. The summed E-state index contributed by atoms with van der Waals surface area (Å²) in [5.41, 5.74) is 2.09. The zero-order valence-corrected chi connectivity index (χ0v) is 17.5. The lowest BCUT2D eigenvalue weighted by atomic mass is 10.1. The molecule has 2 fully saturated rings.